The van der Waals surface area contributed by atoms with Crippen molar-refractivity contribution in [2.45, 2.75) is 39.5 Å². The molecule has 0 atom stereocenters. The van der Waals surface area contributed by atoms with Crippen LogP contribution >= 0.6 is 11.9 Å². The maximum absolute atomic E-state index is 5.83. The zero-order valence-corrected chi connectivity index (χ0v) is 16.6. The maximum atomic E-state index is 5.83. The Hall–Kier alpha value is -1.67. The summed E-state index contributed by atoms with van der Waals surface area (Å²) in [4.78, 5) is 8.02. The standard InChI is InChI=1S/C17H27N5O2S/c1-12-13(9-18-21(12)6)25-19-11-24-22-8-7-15(20-22)23-10-14-16(2,3)17(14,4)5/h7-9,14,19H,10-11H2,1-6H3. The van der Waals surface area contributed by atoms with Crippen LogP contribution in [0.1, 0.15) is 33.4 Å². The van der Waals surface area contributed by atoms with Crippen LogP contribution in [-0.2, 0) is 7.05 Å². The van der Waals surface area contributed by atoms with Gasteiger partial charge in [-0.05, 0) is 29.7 Å². The normalized spacial score (nSPS) is 18.3. The highest BCUT2D eigenvalue weighted by Crippen LogP contribution is 2.68. The van der Waals surface area contributed by atoms with Crippen LogP contribution in [0.3, 0.4) is 0 Å². The van der Waals surface area contributed by atoms with E-state index in [-0.39, 0.29) is 0 Å². The van der Waals surface area contributed by atoms with E-state index in [0.717, 1.165) is 10.6 Å². The van der Waals surface area contributed by atoms with Crippen LogP contribution in [0.5, 0.6) is 5.88 Å². The second-order valence-electron chi connectivity index (χ2n) is 7.60. The number of hydrogen-bond acceptors (Lipinski definition) is 6. The zero-order chi connectivity index (χ0) is 18.2. The number of hydrogen-bond donors (Lipinski definition) is 1. The number of aryl methyl sites for hydroxylation is 1. The fraction of sp³-hybridized carbons (Fsp3) is 0.647. The van der Waals surface area contributed by atoms with Crippen molar-refractivity contribution in [1.29, 1.82) is 0 Å². The van der Waals surface area contributed by atoms with Gasteiger partial charge in [0, 0.05) is 24.7 Å². The number of aromatic nitrogens is 4. The second kappa shape index (κ2) is 6.57. The molecule has 1 N–H and O–H groups in total. The van der Waals surface area contributed by atoms with Crippen molar-refractivity contribution in [2.75, 3.05) is 13.3 Å². The van der Waals surface area contributed by atoms with Crippen molar-refractivity contribution in [1.82, 2.24) is 24.4 Å². The molecule has 2 aromatic rings. The number of ether oxygens (including phenoxy) is 1. The van der Waals surface area contributed by atoms with Gasteiger partial charge < -0.3 is 9.57 Å². The van der Waals surface area contributed by atoms with E-state index in [9.17, 15) is 0 Å². The molecule has 1 saturated carbocycles. The number of nitrogens with one attached hydrogen (secondary N) is 1. The van der Waals surface area contributed by atoms with Crippen LogP contribution in [-0.4, -0.2) is 33.1 Å². The highest BCUT2D eigenvalue weighted by Gasteiger charge is 2.64. The first-order chi connectivity index (χ1) is 11.7. The Morgan fingerprint density at radius 2 is 2.00 bits per heavy atom. The Morgan fingerprint density at radius 1 is 1.28 bits per heavy atom. The SMILES string of the molecule is Cc1c(SNCOn2ccc(OCC3C(C)(C)C3(C)C)n2)cnn1C. The molecule has 1 fully saturated rings. The molecule has 8 heteroatoms. The molecule has 0 aliphatic heterocycles. The minimum atomic E-state index is 0.317. The molecule has 0 spiro atoms. The molecule has 0 amide bonds. The van der Waals surface area contributed by atoms with Crippen molar-refractivity contribution in [2.24, 2.45) is 23.8 Å². The molecule has 3 rings (SSSR count). The second-order valence-corrected chi connectivity index (χ2v) is 8.53. The third-order valence-corrected chi connectivity index (χ3v) is 6.77. The molecule has 7 nitrogen and oxygen atoms in total. The van der Waals surface area contributed by atoms with Gasteiger partial charge in [-0.3, -0.25) is 4.68 Å². The van der Waals surface area contributed by atoms with E-state index < -0.39 is 0 Å². The predicted molar refractivity (Wildman–Crippen MR) is 97.2 cm³/mol. The molecular formula is C17H27N5O2S. The van der Waals surface area contributed by atoms with E-state index in [0.29, 0.717) is 36.0 Å². The third-order valence-electron chi connectivity index (χ3n) is 5.89. The Balaban J connectivity index is 1.39. The molecule has 2 heterocycles. The van der Waals surface area contributed by atoms with Gasteiger partial charge in [0.15, 0.2) is 6.73 Å². The van der Waals surface area contributed by atoms with E-state index in [4.69, 9.17) is 9.57 Å². The average Bonchev–Trinajstić information content (AvgIpc) is 2.96. The van der Waals surface area contributed by atoms with Gasteiger partial charge in [-0.1, -0.05) is 32.8 Å². The highest BCUT2D eigenvalue weighted by molar-refractivity contribution is 7.97. The molecule has 2 aromatic heterocycles. The fourth-order valence-electron chi connectivity index (χ4n) is 3.14. The minimum Gasteiger partial charge on any atom is -0.476 e. The van der Waals surface area contributed by atoms with Gasteiger partial charge in [0.2, 0.25) is 5.88 Å². The van der Waals surface area contributed by atoms with E-state index >= 15 is 0 Å². The average molecular weight is 366 g/mol. The van der Waals surface area contributed by atoms with Crippen molar-refractivity contribution >= 4 is 11.9 Å². The fourth-order valence-corrected chi connectivity index (χ4v) is 3.78. The lowest BCUT2D eigenvalue weighted by atomic mass is 10.0. The van der Waals surface area contributed by atoms with Crippen LogP contribution in [0.4, 0.5) is 0 Å². The van der Waals surface area contributed by atoms with Gasteiger partial charge in [0.1, 0.15) is 0 Å². The first kappa shape index (κ1) is 18.1. The van der Waals surface area contributed by atoms with Crippen LogP contribution in [0.2, 0.25) is 0 Å². The summed E-state index contributed by atoms with van der Waals surface area (Å²) < 4.78 is 10.8. The summed E-state index contributed by atoms with van der Waals surface area (Å²) in [5.41, 5.74) is 1.74. The zero-order valence-electron chi connectivity index (χ0n) is 15.7. The van der Waals surface area contributed by atoms with Crippen LogP contribution in [0.15, 0.2) is 23.4 Å². The Kier molecular flexibility index (Phi) is 4.76. The van der Waals surface area contributed by atoms with Crippen molar-refractivity contribution in [3.8, 4) is 5.88 Å². The molecule has 25 heavy (non-hydrogen) atoms. The van der Waals surface area contributed by atoms with Gasteiger partial charge >= 0.3 is 0 Å². The summed E-state index contributed by atoms with van der Waals surface area (Å²) in [7, 11) is 1.92. The molecule has 1 aliphatic rings. The van der Waals surface area contributed by atoms with E-state index in [1.165, 1.54) is 16.8 Å². The highest BCUT2D eigenvalue weighted by atomic mass is 32.2. The first-order valence-electron chi connectivity index (χ1n) is 8.43. The summed E-state index contributed by atoms with van der Waals surface area (Å²) in [6, 6.07) is 1.82. The van der Waals surface area contributed by atoms with Crippen LogP contribution in [0, 0.1) is 23.7 Å². The van der Waals surface area contributed by atoms with Crippen molar-refractivity contribution in [3.63, 3.8) is 0 Å². The van der Waals surface area contributed by atoms with Gasteiger partial charge in [-0.2, -0.15) is 5.10 Å². The Labute approximate surface area is 153 Å². The maximum Gasteiger partial charge on any atom is 0.236 e. The lowest BCUT2D eigenvalue weighted by Crippen LogP contribution is -2.21. The molecular weight excluding hydrogens is 338 g/mol. The number of nitrogens with zero attached hydrogens (tertiary/aromatic N) is 4. The van der Waals surface area contributed by atoms with E-state index in [1.807, 2.05) is 30.9 Å². The third kappa shape index (κ3) is 3.50. The summed E-state index contributed by atoms with van der Waals surface area (Å²) >= 11 is 1.49. The molecule has 0 radical (unpaired) electrons. The van der Waals surface area contributed by atoms with E-state index in [1.54, 1.807) is 6.20 Å². The predicted octanol–water partition coefficient (Wildman–Crippen LogP) is 2.67. The smallest absolute Gasteiger partial charge is 0.236 e. The lowest BCUT2D eigenvalue weighted by Gasteiger charge is -2.06. The summed E-state index contributed by atoms with van der Waals surface area (Å²) in [5.74, 6) is 1.14. The summed E-state index contributed by atoms with van der Waals surface area (Å²) in [6.07, 6.45) is 3.58. The van der Waals surface area contributed by atoms with Crippen LogP contribution in [0.25, 0.3) is 0 Å². The van der Waals surface area contributed by atoms with Gasteiger partial charge in [0.05, 0.1) is 23.9 Å². The summed E-state index contributed by atoms with van der Waals surface area (Å²) in [5, 5.41) is 8.48. The minimum absolute atomic E-state index is 0.317. The molecule has 0 bridgehead atoms. The molecule has 0 saturated heterocycles. The Bertz CT molecular complexity index is 723. The van der Waals surface area contributed by atoms with Gasteiger partial charge in [0.25, 0.3) is 0 Å². The summed E-state index contributed by atoms with van der Waals surface area (Å²) in [6.45, 7) is 12.2. The molecule has 0 aromatic carbocycles. The molecule has 1 aliphatic carbocycles. The topological polar surface area (TPSA) is 66.1 Å². The van der Waals surface area contributed by atoms with E-state index in [2.05, 4.69) is 42.6 Å². The monoisotopic (exact) mass is 365 g/mol. The first-order valence-corrected chi connectivity index (χ1v) is 9.25. The molecule has 138 valence electrons. The number of rotatable bonds is 8. The van der Waals surface area contributed by atoms with Crippen molar-refractivity contribution < 1.29 is 9.57 Å². The van der Waals surface area contributed by atoms with Crippen molar-refractivity contribution in [3.05, 3.63) is 24.2 Å². The largest absolute Gasteiger partial charge is 0.476 e. The quantitative estimate of drug-likeness (QED) is 0.441. The van der Waals surface area contributed by atoms with Crippen LogP contribution < -0.4 is 14.3 Å². The van der Waals surface area contributed by atoms with Gasteiger partial charge in [-0.15, -0.1) is 4.85 Å². The molecule has 0 unspecified atom stereocenters. The Morgan fingerprint density at radius 3 is 2.60 bits per heavy atom. The lowest BCUT2D eigenvalue weighted by molar-refractivity contribution is 0.0772. The van der Waals surface area contributed by atoms with Gasteiger partial charge in [-0.25, -0.2) is 4.72 Å².